The number of thioether (sulfide) groups is 1. The molecule has 2 aliphatic rings. The summed E-state index contributed by atoms with van der Waals surface area (Å²) < 4.78 is 0. The summed E-state index contributed by atoms with van der Waals surface area (Å²) in [6.07, 6.45) is 11.6. The predicted octanol–water partition coefficient (Wildman–Crippen LogP) is 3.36. The normalized spacial score (nSPS) is 28.1. The van der Waals surface area contributed by atoms with Crippen molar-refractivity contribution in [3.63, 3.8) is 0 Å². The predicted molar refractivity (Wildman–Crippen MR) is 62.7 cm³/mol. The van der Waals surface area contributed by atoms with Crippen LogP contribution in [-0.4, -0.2) is 21.7 Å². The Morgan fingerprint density at radius 1 is 1.00 bits per heavy atom. The third kappa shape index (κ3) is 2.90. The van der Waals surface area contributed by atoms with E-state index in [0.717, 1.165) is 23.8 Å². The molecular formula is C12H22OS. The Labute approximate surface area is 91.7 Å². The van der Waals surface area contributed by atoms with E-state index < -0.39 is 0 Å². The van der Waals surface area contributed by atoms with Crippen molar-refractivity contribution in [2.75, 3.05) is 5.75 Å². The number of aliphatic hydroxyl groups is 1. The molecule has 82 valence electrons. The van der Waals surface area contributed by atoms with E-state index in [2.05, 4.69) is 0 Å². The maximum absolute atomic E-state index is 10.2. The zero-order chi connectivity index (χ0) is 9.86. The number of rotatable bonds is 3. The molecule has 0 heterocycles. The van der Waals surface area contributed by atoms with Gasteiger partial charge in [0.25, 0.3) is 0 Å². The lowest BCUT2D eigenvalue weighted by Crippen LogP contribution is -2.28. The quantitative estimate of drug-likeness (QED) is 0.777. The van der Waals surface area contributed by atoms with E-state index in [1.54, 1.807) is 0 Å². The van der Waals surface area contributed by atoms with E-state index in [-0.39, 0.29) is 5.60 Å². The molecule has 14 heavy (non-hydrogen) atoms. The lowest BCUT2D eigenvalue weighted by atomic mass is 10.0. The van der Waals surface area contributed by atoms with Crippen LogP contribution in [0.15, 0.2) is 0 Å². The van der Waals surface area contributed by atoms with Gasteiger partial charge in [-0.25, -0.2) is 0 Å². The van der Waals surface area contributed by atoms with Crippen LogP contribution in [0.1, 0.15) is 57.8 Å². The molecule has 2 rings (SSSR count). The molecule has 2 fully saturated rings. The van der Waals surface area contributed by atoms with E-state index in [9.17, 15) is 5.11 Å². The van der Waals surface area contributed by atoms with Gasteiger partial charge in [0, 0.05) is 11.0 Å². The van der Waals surface area contributed by atoms with Crippen LogP contribution in [0.5, 0.6) is 0 Å². The fourth-order valence-electron chi connectivity index (χ4n) is 2.68. The molecule has 1 N–H and O–H groups in total. The summed E-state index contributed by atoms with van der Waals surface area (Å²) in [4.78, 5) is 0. The molecule has 0 aromatic carbocycles. The van der Waals surface area contributed by atoms with Crippen LogP contribution in [0.2, 0.25) is 0 Å². The molecule has 1 nitrogen and oxygen atoms in total. The first-order valence-corrected chi connectivity index (χ1v) is 7.17. The van der Waals surface area contributed by atoms with Gasteiger partial charge in [-0.05, 0) is 25.7 Å². The minimum Gasteiger partial charge on any atom is -0.389 e. The highest BCUT2D eigenvalue weighted by molar-refractivity contribution is 7.99. The molecule has 0 atom stereocenters. The first-order chi connectivity index (χ1) is 6.79. The second-order valence-electron chi connectivity index (χ2n) is 5.00. The Balaban J connectivity index is 1.70. The molecular weight excluding hydrogens is 192 g/mol. The van der Waals surface area contributed by atoms with Crippen molar-refractivity contribution < 1.29 is 5.11 Å². The van der Waals surface area contributed by atoms with Gasteiger partial charge >= 0.3 is 0 Å². The monoisotopic (exact) mass is 214 g/mol. The summed E-state index contributed by atoms with van der Waals surface area (Å²) in [5.74, 6) is 0.998. The molecule has 2 aliphatic carbocycles. The Kier molecular flexibility index (Phi) is 3.78. The average Bonchev–Trinajstić information content (AvgIpc) is 2.65. The summed E-state index contributed by atoms with van der Waals surface area (Å²) in [6, 6.07) is 0. The van der Waals surface area contributed by atoms with Crippen LogP contribution < -0.4 is 0 Å². The third-order valence-electron chi connectivity index (χ3n) is 3.67. The van der Waals surface area contributed by atoms with Gasteiger partial charge in [-0.2, -0.15) is 11.8 Å². The SMILES string of the molecule is OC1(CSC2CCCCC2)CCCC1. The minimum absolute atomic E-state index is 0.290. The molecule has 0 bridgehead atoms. The zero-order valence-corrected chi connectivity index (χ0v) is 9.82. The summed E-state index contributed by atoms with van der Waals surface area (Å²) in [6.45, 7) is 0. The van der Waals surface area contributed by atoms with Crippen LogP contribution in [0.25, 0.3) is 0 Å². The highest BCUT2D eigenvalue weighted by atomic mass is 32.2. The topological polar surface area (TPSA) is 20.2 Å². The average molecular weight is 214 g/mol. The Hall–Kier alpha value is 0.310. The molecule has 0 amide bonds. The largest absolute Gasteiger partial charge is 0.389 e. The fraction of sp³-hybridized carbons (Fsp3) is 1.00. The molecule has 0 radical (unpaired) electrons. The van der Waals surface area contributed by atoms with Crippen LogP contribution in [0, 0.1) is 0 Å². The zero-order valence-electron chi connectivity index (χ0n) is 9.00. The smallest absolute Gasteiger partial charge is 0.0737 e. The summed E-state index contributed by atoms with van der Waals surface area (Å²) in [5, 5.41) is 11.1. The molecule has 0 saturated heterocycles. The fourth-order valence-corrected chi connectivity index (χ4v) is 4.18. The van der Waals surface area contributed by atoms with Crippen molar-refractivity contribution >= 4 is 11.8 Å². The van der Waals surface area contributed by atoms with Crippen molar-refractivity contribution in [3.05, 3.63) is 0 Å². The van der Waals surface area contributed by atoms with E-state index in [1.807, 2.05) is 11.8 Å². The van der Waals surface area contributed by atoms with Crippen LogP contribution in [0.4, 0.5) is 0 Å². The van der Waals surface area contributed by atoms with E-state index in [4.69, 9.17) is 0 Å². The van der Waals surface area contributed by atoms with Gasteiger partial charge in [0.15, 0.2) is 0 Å². The van der Waals surface area contributed by atoms with Gasteiger partial charge in [-0.15, -0.1) is 0 Å². The van der Waals surface area contributed by atoms with Gasteiger partial charge in [0.1, 0.15) is 0 Å². The summed E-state index contributed by atoms with van der Waals surface area (Å²) in [5.41, 5.74) is -0.290. The number of hydrogen-bond donors (Lipinski definition) is 1. The Morgan fingerprint density at radius 3 is 2.29 bits per heavy atom. The lowest BCUT2D eigenvalue weighted by Gasteiger charge is -2.27. The maximum atomic E-state index is 10.2. The van der Waals surface area contributed by atoms with Gasteiger partial charge < -0.3 is 5.11 Å². The van der Waals surface area contributed by atoms with Crippen LogP contribution >= 0.6 is 11.8 Å². The molecule has 0 aromatic heterocycles. The summed E-state index contributed by atoms with van der Waals surface area (Å²) >= 11 is 2.04. The van der Waals surface area contributed by atoms with E-state index in [1.165, 1.54) is 44.9 Å². The van der Waals surface area contributed by atoms with Crippen molar-refractivity contribution in [2.24, 2.45) is 0 Å². The van der Waals surface area contributed by atoms with Gasteiger partial charge in [-0.3, -0.25) is 0 Å². The Morgan fingerprint density at radius 2 is 1.64 bits per heavy atom. The first-order valence-electron chi connectivity index (χ1n) is 6.13. The van der Waals surface area contributed by atoms with Gasteiger partial charge in [-0.1, -0.05) is 32.1 Å². The van der Waals surface area contributed by atoms with Crippen molar-refractivity contribution in [1.29, 1.82) is 0 Å². The summed E-state index contributed by atoms with van der Waals surface area (Å²) in [7, 11) is 0. The lowest BCUT2D eigenvalue weighted by molar-refractivity contribution is 0.0731. The third-order valence-corrected chi connectivity index (χ3v) is 5.32. The molecule has 0 spiro atoms. The van der Waals surface area contributed by atoms with Crippen LogP contribution in [-0.2, 0) is 0 Å². The van der Waals surface area contributed by atoms with Crippen molar-refractivity contribution in [1.82, 2.24) is 0 Å². The van der Waals surface area contributed by atoms with Crippen molar-refractivity contribution in [2.45, 2.75) is 68.6 Å². The molecule has 0 aliphatic heterocycles. The second kappa shape index (κ2) is 4.89. The number of hydrogen-bond acceptors (Lipinski definition) is 2. The van der Waals surface area contributed by atoms with Crippen LogP contribution in [0.3, 0.4) is 0 Å². The highest BCUT2D eigenvalue weighted by Crippen LogP contribution is 2.36. The van der Waals surface area contributed by atoms with E-state index in [0.29, 0.717) is 0 Å². The first kappa shape index (κ1) is 10.8. The van der Waals surface area contributed by atoms with Gasteiger partial charge in [0.05, 0.1) is 5.60 Å². The molecule has 2 saturated carbocycles. The highest BCUT2D eigenvalue weighted by Gasteiger charge is 2.31. The maximum Gasteiger partial charge on any atom is 0.0737 e. The molecule has 0 unspecified atom stereocenters. The molecule has 2 heteroatoms. The van der Waals surface area contributed by atoms with Gasteiger partial charge in [0.2, 0.25) is 0 Å². The van der Waals surface area contributed by atoms with Crippen molar-refractivity contribution in [3.8, 4) is 0 Å². The second-order valence-corrected chi connectivity index (χ2v) is 6.29. The Bertz CT molecular complexity index is 169. The molecule has 0 aromatic rings. The van der Waals surface area contributed by atoms with E-state index >= 15 is 0 Å². The standard InChI is InChI=1S/C12H22OS/c13-12(8-4-5-9-12)10-14-11-6-2-1-3-7-11/h11,13H,1-10H2. The minimum atomic E-state index is -0.290.